The van der Waals surface area contributed by atoms with E-state index in [1.54, 1.807) is 30.5 Å². The van der Waals surface area contributed by atoms with Crippen molar-refractivity contribution < 1.29 is 17.9 Å². The van der Waals surface area contributed by atoms with Crippen LogP contribution in [-0.4, -0.2) is 19.4 Å². The summed E-state index contributed by atoms with van der Waals surface area (Å²) in [5.74, 6) is -0.109. The zero-order chi connectivity index (χ0) is 26.5. The van der Waals surface area contributed by atoms with E-state index in [4.69, 9.17) is 4.74 Å². The lowest BCUT2D eigenvalue weighted by atomic mass is 10.1. The first kappa shape index (κ1) is 25.6. The van der Waals surface area contributed by atoms with Gasteiger partial charge >= 0.3 is 5.97 Å². The van der Waals surface area contributed by atoms with E-state index in [-0.39, 0.29) is 17.5 Å². The SMILES string of the molecule is CCc1ccc(S(=O)(=O)NC2CCc3ccc(Nc4ncccc4C(=O)OCc4ccccc4)cc32)cc1. The smallest absolute Gasteiger partial charge is 0.342 e. The molecule has 0 radical (unpaired) electrons. The Morgan fingerprint density at radius 1 is 0.974 bits per heavy atom. The first-order chi connectivity index (χ1) is 18.4. The van der Waals surface area contributed by atoms with Crippen molar-refractivity contribution in [2.24, 2.45) is 0 Å². The Bertz CT molecular complexity index is 1540. The lowest BCUT2D eigenvalue weighted by molar-refractivity contribution is 0.0473. The van der Waals surface area contributed by atoms with Gasteiger partial charge in [-0.1, -0.05) is 55.5 Å². The molecule has 1 unspecified atom stereocenters. The third kappa shape index (κ3) is 5.77. The molecule has 0 saturated heterocycles. The maximum Gasteiger partial charge on any atom is 0.342 e. The number of carbonyl (C=O) groups is 1. The summed E-state index contributed by atoms with van der Waals surface area (Å²) in [4.78, 5) is 17.4. The fourth-order valence-corrected chi connectivity index (χ4v) is 5.82. The number of benzene rings is 3. The standard InChI is InChI=1S/C30H29N3O4S/c1-2-21-10-15-25(16-11-21)38(35,36)33-28-17-13-23-12-14-24(19-27(23)28)32-29-26(9-6-18-31-29)30(34)37-20-22-7-4-3-5-8-22/h3-12,14-16,18-19,28,33H,2,13,17,20H2,1H3,(H,31,32). The van der Waals surface area contributed by atoms with Gasteiger partial charge in [0.1, 0.15) is 18.0 Å². The number of hydrogen-bond acceptors (Lipinski definition) is 6. The molecule has 0 amide bonds. The number of nitrogens with one attached hydrogen (secondary N) is 2. The van der Waals surface area contributed by atoms with Gasteiger partial charge in [0.05, 0.1) is 4.90 Å². The molecular formula is C30H29N3O4S. The van der Waals surface area contributed by atoms with Crippen LogP contribution in [0.3, 0.4) is 0 Å². The second-order valence-corrected chi connectivity index (χ2v) is 10.9. The number of hydrogen-bond donors (Lipinski definition) is 2. The topological polar surface area (TPSA) is 97.4 Å². The maximum atomic E-state index is 13.1. The van der Waals surface area contributed by atoms with Gasteiger partial charge in [0.25, 0.3) is 0 Å². The second-order valence-electron chi connectivity index (χ2n) is 9.21. The van der Waals surface area contributed by atoms with E-state index in [1.807, 2.05) is 67.6 Å². The Kier molecular flexibility index (Phi) is 7.53. The zero-order valence-corrected chi connectivity index (χ0v) is 21.9. The fourth-order valence-electron chi connectivity index (χ4n) is 4.57. The van der Waals surface area contributed by atoms with Crippen molar-refractivity contribution in [2.45, 2.75) is 43.7 Å². The second kappa shape index (κ2) is 11.2. The van der Waals surface area contributed by atoms with Gasteiger partial charge < -0.3 is 10.1 Å². The molecule has 2 N–H and O–H groups in total. The minimum Gasteiger partial charge on any atom is -0.457 e. The predicted octanol–water partition coefficient (Wildman–Crippen LogP) is 5.71. The highest BCUT2D eigenvalue weighted by Gasteiger charge is 2.28. The number of anilines is 2. The Hall–Kier alpha value is -4.01. The molecule has 1 aliphatic rings. The molecule has 8 heteroatoms. The highest BCUT2D eigenvalue weighted by atomic mass is 32.2. The molecule has 38 heavy (non-hydrogen) atoms. The number of sulfonamides is 1. The molecule has 194 valence electrons. The Labute approximate surface area is 223 Å². The number of pyridine rings is 1. The molecule has 3 aromatic carbocycles. The third-order valence-corrected chi connectivity index (χ3v) is 8.15. The van der Waals surface area contributed by atoms with Crippen LogP contribution in [0.1, 0.15) is 52.0 Å². The summed E-state index contributed by atoms with van der Waals surface area (Å²) >= 11 is 0. The molecular weight excluding hydrogens is 498 g/mol. The molecule has 0 fully saturated rings. The molecule has 5 rings (SSSR count). The molecule has 4 aromatic rings. The summed E-state index contributed by atoms with van der Waals surface area (Å²) in [6.07, 6.45) is 3.90. The minimum atomic E-state index is -3.67. The average Bonchev–Trinajstić information content (AvgIpc) is 3.33. The van der Waals surface area contributed by atoms with Crippen LogP contribution < -0.4 is 10.0 Å². The van der Waals surface area contributed by atoms with Gasteiger partial charge in [-0.3, -0.25) is 0 Å². The summed E-state index contributed by atoms with van der Waals surface area (Å²) in [5, 5.41) is 3.22. The van der Waals surface area contributed by atoms with E-state index < -0.39 is 16.0 Å². The van der Waals surface area contributed by atoms with Crippen molar-refractivity contribution >= 4 is 27.5 Å². The van der Waals surface area contributed by atoms with Crippen LogP contribution in [0.5, 0.6) is 0 Å². The summed E-state index contributed by atoms with van der Waals surface area (Å²) in [5.41, 5.74) is 5.01. The average molecular weight is 528 g/mol. The lowest BCUT2D eigenvalue weighted by Crippen LogP contribution is -2.27. The summed E-state index contributed by atoms with van der Waals surface area (Å²) in [7, 11) is -3.67. The van der Waals surface area contributed by atoms with Gasteiger partial charge in [-0.05, 0) is 77.9 Å². The Balaban J connectivity index is 1.32. The van der Waals surface area contributed by atoms with Crippen molar-refractivity contribution in [3.05, 3.63) is 119 Å². The van der Waals surface area contributed by atoms with Crippen molar-refractivity contribution in [2.75, 3.05) is 5.32 Å². The number of nitrogens with zero attached hydrogens (tertiary/aromatic N) is 1. The molecule has 1 aliphatic carbocycles. The normalized spacial score (nSPS) is 14.6. The van der Waals surface area contributed by atoms with Crippen LogP contribution in [0.4, 0.5) is 11.5 Å². The lowest BCUT2D eigenvalue weighted by Gasteiger charge is -2.16. The van der Waals surface area contributed by atoms with Crippen LogP contribution in [-0.2, 0) is 34.2 Å². The molecule has 1 aromatic heterocycles. The maximum absolute atomic E-state index is 13.1. The van der Waals surface area contributed by atoms with E-state index >= 15 is 0 Å². The molecule has 0 bridgehead atoms. The van der Waals surface area contributed by atoms with Gasteiger partial charge in [-0.15, -0.1) is 0 Å². The number of fused-ring (bicyclic) bond motifs is 1. The highest BCUT2D eigenvalue weighted by molar-refractivity contribution is 7.89. The first-order valence-electron chi connectivity index (χ1n) is 12.6. The fraction of sp³-hybridized carbons (Fsp3) is 0.200. The number of ether oxygens (including phenoxy) is 1. The molecule has 1 atom stereocenters. The number of aromatic nitrogens is 1. The quantitative estimate of drug-likeness (QED) is 0.271. The molecule has 0 spiro atoms. The van der Waals surface area contributed by atoms with Crippen molar-refractivity contribution in [3.8, 4) is 0 Å². The van der Waals surface area contributed by atoms with E-state index in [9.17, 15) is 13.2 Å². The summed E-state index contributed by atoms with van der Waals surface area (Å²) in [6, 6.07) is 25.3. The molecule has 0 aliphatic heterocycles. The number of carbonyl (C=O) groups excluding carboxylic acids is 1. The number of aryl methyl sites for hydroxylation is 2. The van der Waals surface area contributed by atoms with Gasteiger partial charge in [0, 0.05) is 17.9 Å². The predicted molar refractivity (Wildman–Crippen MR) is 147 cm³/mol. The largest absolute Gasteiger partial charge is 0.457 e. The van der Waals surface area contributed by atoms with E-state index in [0.29, 0.717) is 23.5 Å². The molecule has 1 heterocycles. The number of rotatable bonds is 9. The van der Waals surface area contributed by atoms with E-state index in [2.05, 4.69) is 15.0 Å². The number of esters is 1. The van der Waals surface area contributed by atoms with Crippen LogP contribution in [0.25, 0.3) is 0 Å². The van der Waals surface area contributed by atoms with Gasteiger partial charge in [0.15, 0.2) is 0 Å². The summed E-state index contributed by atoms with van der Waals surface area (Å²) < 4.78 is 34.5. The highest BCUT2D eigenvalue weighted by Crippen LogP contribution is 2.35. The first-order valence-corrected chi connectivity index (χ1v) is 14.1. The molecule has 7 nitrogen and oxygen atoms in total. The van der Waals surface area contributed by atoms with Crippen LogP contribution in [0.15, 0.2) is 96.0 Å². The van der Waals surface area contributed by atoms with E-state index in [0.717, 1.165) is 35.1 Å². The Morgan fingerprint density at radius 3 is 2.53 bits per heavy atom. The van der Waals surface area contributed by atoms with Crippen LogP contribution >= 0.6 is 0 Å². The Morgan fingerprint density at radius 2 is 1.76 bits per heavy atom. The van der Waals surface area contributed by atoms with Crippen molar-refractivity contribution in [1.29, 1.82) is 0 Å². The van der Waals surface area contributed by atoms with Gasteiger partial charge in [-0.2, -0.15) is 0 Å². The van der Waals surface area contributed by atoms with Crippen molar-refractivity contribution in [3.63, 3.8) is 0 Å². The minimum absolute atomic E-state index is 0.163. The van der Waals surface area contributed by atoms with Crippen LogP contribution in [0, 0.1) is 0 Å². The zero-order valence-electron chi connectivity index (χ0n) is 21.1. The molecule has 0 saturated carbocycles. The monoisotopic (exact) mass is 527 g/mol. The van der Waals surface area contributed by atoms with Gasteiger partial charge in [0.2, 0.25) is 10.0 Å². The van der Waals surface area contributed by atoms with Crippen molar-refractivity contribution in [1.82, 2.24) is 9.71 Å². The third-order valence-electron chi connectivity index (χ3n) is 6.67. The van der Waals surface area contributed by atoms with Gasteiger partial charge in [-0.25, -0.2) is 22.9 Å². The van der Waals surface area contributed by atoms with E-state index in [1.165, 1.54) is 0 Å². The van der Waals surface area contributed by atoms with Crippen LogP contribution in [0.2, 0.25) is 0 Å². The summed E-state index contributed by atoms with van der Waals surface area (Å²) in [6.45, 7) is 2.19.